The molecule has 0 fully saturated rings. The third-order valence-electron chi connectivity index (χ3n) is 2.85. The number of nitrogens with two attached hydrogens (primary N) is 2. The van der Waals surface area contributed by atoms with E-state index in [1.807, 2.05) is 12.1 Å². The minimum atomic E-state index is -4.20. The number of guanidine groups is 1. The van der Waals surface area contributed by atoms with Gasteiger partial charge in [-0.2, -0.15) is 8.42 Å². The van der Waals surface area contributed by atoms with Gasteiger partial charge in [-0.25, -0.2) is 0 Å². The van der Waals surface area contributed by atoms with E-state index in [1.54, 1.807) is 12.1 Å². The van der Waals surface area contributed by atoms with Crippen LogP contribution in [-0.2, 0) is 19.2 Å². The molecule has 4 N–H and O–H groups in total. The van der Waals surface area contributed by atoms with Crippen LogP contribution >= 0.6 is 22.6 Å². The third-order valence-corrected chi connectivity index (χ3v) is 4.44. The first kappa shape index (κ1) is 17.5. The summed E-state index contributed by atoms with van der Waals surface area (Å²) in [4.78, 5) is 12.2. The number of carbonyl (C=O) groups is 1. The standard InChI is InChI=1S/C13H14IN3O5S/c14-10-1-2-12-9(6-10)5-8(3-4-21-12)11(18)7-23(19,20)22-17-13(15)16/h1-2,5-6H,3-4,7H2,(H4,15,16,17). The maximum atomic E-state index is 12.2. The highest BCUT2D eigenvalue weighted by Gasteiger charge is 2.23. The molecule has 1 aliphatic heterocycles. The van der Waals surface area contributed by atoms with Crippen molar-refractivity contribution in [3.05, 3.63) is 32.9 Å². The minimum absolute atomic E-state index is 0.278. The number of halogens is 1. The van der Waals surface area contributed by atoms with Crippen LogP contribution in [0.15, 0.2) is 28.9 Å². The van der Waals surface area contributed by atoms with E-state index in [2.05, 4.69) is 32.0 Å². The summed E-state index contributed by atoms with van der Waals surface area (Å²) in [5.41, 5.74) is 11.0. The maximum absolute atomic E-state index is 12.2. The lowest BCUT2D eigenvalue weighted by atomic mass is 10.1. The average Bonchev–Trinajstić information content (AvgIpc) is 2.66. The average molecular weight is 451 g/mol. The summed E-state index contributed by atoms with van der Waals surface area (Å²) in [5, 5.41) is 2.95. The Labute approximate surface area is 146 Å². The molecule has 10 heteroatoms. The molecule has 0 radical (unpaired) electrons. The number of ether oxygens (including phenoxy) is 1. The number of Topliss-reactive ketones (excluding diaryl/α,β-unsaturated/α-hetero) is 1. The largest absolute Gasteiger partial charge is 0.493 e. The van der Waals surface area contributed by atoms with Crippen LogP contribution in [0, 0.1) is 3.57 Å². The molecule has 0 amide bonds. The summed E-state index contributed by atoms with van der Waals surface area (Å²) in [6, 6.07) is 5.53. The lowest BCUT2D eigenvalue weighted by Crippen LogP contribution is -2.25. The van der Waals surface area contributed by atoms with Gasteiger partial charge >= 0.3 is 10.1 Å². The van der Waals surface area contributed by atoms with Crippen LogP contribution in [0.1, 0.15) is 12.0 Å². The Morgan fingerprint density at radius 1 is 1.39 bits per heavy atom. The lowest BCUT2D eigenvalue weighted by molar-refractivity contribution is -0.113. The van der Waals surface area contributed by atoms with E-state index in [1.165, 1.54) is 0 Å². The third kappa shape index (κ3) is 5.10. The number of benzene rings is 1. The van der Waals surface area contributed by atoms with E-state index in [-0.39, 0.29) is 6.61 Å². The van der Waals surface area contributed by atoms with Crippen molar-refractivity contribution in [2.24, 2.45) is 16.6 Å². The molecule has 0 aromatic heterocycles. The molecular formula is C13H14IN3O5S. The van der Waals surface area contributed by atoms with Crippen molar-refractivity contribution in [1.29, 1.82) is 0 Å². The van der Waals surface area contributed by atoms with Crippen molar-refractivity contribution < 1.29 is 22.2 Å². The molecule has 0 bridgehead atoms. The van der Waals surface area contributed by atoms with Gasteiger partial charge in [0.1, 0.15) is 5.75 Å². The van der Waals surface area contributed by atoms with Crippen LogP contribution in [0.4, 0.5) is 0 Å². The van der Waals surface area contributed by atoms with Crippen molar-refractivity contribution in [2.75, 3.05) is 12.4 Å². The minimum Gasteiger partial charge on any atom is -0.493 e. The van der Waals surface area contributed by atoms with Gasteiger partial charge in [-0.05, 0) is 52.0 Å². The summed E-state index contributed by atoms with van der Waals surface area (Å²) in [5.74, 6) is -1.35. The zero-order valence-corrected chi connectivity index (χ0v) is 14.8. The Kier molecular flexibility index (Phi) is 5.46. The van der Waals surface area contributed by atoms with Gasteiger partial charge in [0.05, 0.1) is 6.61 Å². The van der Waals surface area contributed by atoms with Crippen molar-refractivity contribution >= 4 is 50.5 Å². The predicted molar refractivity (Wildman–Crippen MR) is 92.9 cm³/mol. The molecule has 23 heavy (non-hydrogen) atoms. The number of nitrogens with zero attached hydrogens (tertiary/aromatic N) is 1. The SMILES string of the molecule is NC(N)=NOS(=O)(=O)CC(=O)C1=Cc2cc(I)ccc2OCC1. The summed E-state index contributed by atoms with van der Waals surface area (Å²) in [6.45, 7) is 0.278. The Balaban J connectivity index is 2.20. The molecule has 124 valence electrons. The monoisotopic (exact) mass is 451 g/mol. The van der Waals surface area contributed by atoms with Gasteiger partial charge in [0.15, 0.2) is 11.5 Å². The number of carbonyl (C=O) groups excluding carboxylic acids is 1. The molecule has 8 nitrogen and oxygen atoms in total. The van der Waals surface area contributed by atoms with Crippen molar-refractivity contribution in [3.8, 4) is 5.75 Å². The zero-order valence-electron chi connectivity index (χ0n) is 11.9. The van der Waals surface area contributed by atoms with Crippen LogP contribution in [0.25, 0.3) is 6.08 Å². The first-order chi connectivity index (χ1) is 10.8. The Morgan fingerprint density at radius 3 is 2.83 bits per heavy atom. The smallest absolute Gasteiger partial charge is 0.336 e. The number of rotatable bonds is 5. The Bertz CT molecular complexity index is 785. The molecule has 0 saturated heterocycles. The molecule has 2 rings (SSSR count). The number of hydrogen-bond donors (Lipinski definition) is 2. The van der Waals surface area contributed by atoms with E-state index in [0.29, 0.717) is 17.7 Å². The molecule has 0 unspecified atom stereocenters. The van der Waals surface area contributed by atoms with Gasteiger partial charge in [-0.1, -0.05) is 0 Å². The normalized spacial score (nSPS) is 13.9. The van der Waals surface area contributed by atoms with Crippen LogP contribution in [0.3, 0.4) is 0 Å². The maximum Gasteiger partial charge on any atom is 0.336 e. The predicted octanol–water partition coefficient (Wildman–Crippen LogP) is 0.561. The number of oxime groups is 1. The second-order valence-electron chi connectivity index (χ2n) is 4.67. The zero-order chi connectivity index (χ0) is 17.0. The molecule has 0 saturated carbocycles. The van der Waals surface area contributed by atoms with E-state index < -0.39 is 27.6 Å². The molecule has 0 aliphatic carbocycles. The molecule has 0 atom stereocenters. The molecule has 1 aromatic rings. The van der Waals surface area contributed by atoms with Gasteiger partial charge in [0, 0.05) is 21.1 Å². The highest BCUT2D eigenvalue weighted by molar-refractivity contribution is 14.1. The van der Waals surface area contributed by atoms with Crippen LogP contribution < -0.4 is 16.2 Å². The summed E-state index contributed by atoms with van der Waals surface area (Å²) in [7, 11) is -4.20. The van der Waals surface area contributed by atoms with Gasteiger partial charge in [-0.15, -0.1) is 0 Å². The van der Waals surface area contributed by atoms with Crippen molar-refractivity contribution in [3.63, 3.8) is 0 Å². The fourth-order valence-corrected chi connectivity index (χ4v) is 3.17. The second-order valence-corrected chi connectivity index (χ2v) is 7.46. The number of ketones is 1. The van der Waals surface area contributed by atoms with Gasteiger partial charge in [0.2, 0.25) is 5.96 Å². The van der Waals surface area contributed by atoms with E-state index >= 15 is 0 Å². The Morgan fingerprint density at radius 2 is 2.13 bits per heavy atom. The number of fused-ring (bicyclic) bond motifs is 1. The van der Waals surface area contributed by atoms with Crippen molar-refractivity contribution in [2.45, 2.75) is 6.42 Å². The summed E-state index contributed by atoms with van der Waals surface area (Å²) >= 11 is 2.14. The topological polar surface area (TPSA) is 134 Å². The van der Waals surface area contributed by atoms with Gasteiger partial charge in [-0.3, -0.25) is 9.08 Å². The highest BCUT2D eigenvalue weighted by Crippen LogP contribution is 2.28. The molecule has 1 heterocycles. The second kappa shape index (κ2) is 7.17. The first-order valence-electron chi connectivity index (χ1n) is 6.43. The van der Waals surface area contributed by atoms with E-state index in [0.717, 1.165) is 9.13 Å². The van der Waals surface area contributed by atoms with Crippen LogP contribution in [0.2, 0.25) is 0 Å². The van der Waals surface area contributed by atoms with E-state index in [9.17, 15) is 13.2 Å². The quantitative estimate of drug-likeness (QED) is 0.289. The Hall–Kier alpha value is -1.82. The lowest BCUT2D eigenvalue weighted by Gasteiger charge is -2.05. The van der Waals surface area contributed by atoms with Gasteiger partial charge < -0.3 is 16.2 Å². The molecule has 1 aromatic carbocycles. The molecular weight excluding hydrogens is 437 g/mol. The van der Waals surface area contributed by atoms with Crippen molar-refractivity contribution in [1.82, 2.24) is 0 Å². The van der Waals surface area contributed by atoms with Crippen LogP contribution in [-0.4, -0.2) is 32.5 Å². The van der Waals surface area contributed by atoms with Gasteiger partial charge in [0.25, 0.3) is 0 Å². The fraction of sp³-hybridized carbons (Fsp3) is 0.231. The van der Waals surface area contributed by atoms with Crippen LogP contribution in [0.5, 0.6) is 5.75 Å². The first-order valence-corrected chi connectivity index (χ1v) is 9.09. The molecule has 0 spiro atoms. The summed E-state index contributed by atoms with van der Waals surface area (Å²) in [6.07, 6.45) is 1.92. The summed E-state index contributed by atoms with van der Waals surface area (Å²) < 4.78 is 34.0. The van der Waals surface area contributed by atoms with E-state index in [4.69, 9.17) is 16.2 Å². The number of hydrogen-bond acceptors (Lipinski definition) is 6. The molecule has 1 aliphatic rings. The highest BCUT2D eigenvalue weighted by atomic mass is 127. The fourth-order valence-electron chi connectivity index (χ4n) is 1.89.